The highest BCUT2D eigenvalue weighted by atomic mass is 16.2. The van der Waals surface area contributed by atoms with Crippen molar-refractivity contribution in [3.63, 3.8) is 0 Å². The smallest absolute Gasteiger partial charge is 0.223 e. The highest BCUT2D eigenvalue weighted by molar-refractivity contribution is 5.76. The van der Waals surface area contributed by atoms with Crippen molar-refractivity contribution in [3.05, 3.63) is 12.2 Å². The largest absolute Gasteiger partial charge is 0.333 e. The lowest BCUT2D eigenvalue weighted by Crippen LogP contribution is -2.38. The standard InChI is InChI=1S/C9H14N4O/c1-2-3-9(14)12-4-5-13-7-10-11-8(13)6-12/h7H,2-6H2,1H3. The summed E-state index contributed by atoms with van der Waals surface area (Å²) in [5.74, 6) is 1.11. The molecule has 0 fully saturated rings. The number of rotatable bonds is 2. The van der Waals surface area contributed by atoms with Gasteiger partial charge in [0.25, 0.3) is 0 Å². The van der Waals surface area contributed by atoms with Gasteiger partial charge in [0, 0.05) is 19.5 Å². The molecule has 2 rings (SSSR count). The molecule has 1 aromatic heterocycles. The first-order valence-corrected chi connectivity index (χ1v) is 4.95. The Morgan fingerprint density at radius 3 is 3.21 bits per heavy atom. The summed E-state index contributed by atoms with van der Waals surface area (Å²) >= 11 is 0. The average Bonchev–Trinajstić information content (AvgIpc) is 2.64. The molecule has 1 amide bonds. The summed E-state index contributed by atoms with van der Waals surface area (Å²) in [5, 5.41) is 7.79. The molecule has 5 nitrogen and oxygen atoms in total. The molecule has 5 heteroatoms. The van der Waals surface area contributed by atoms with Crippen LogP contribution < -0.4 is 0 Å². The van der Waals surface area contributed by atoms with Crippen LogP contribution in [0.4, 0.5) is 0 Å². The molecule has 0 saturated carbocycles. The summed E-state index contributed by atoms with van der Waals surface area (Å²) in [6.07, 6.45) is 3.26. The van der Waals surface area contributed by atoms with Crippen molar-refractivity contribution in [3.8, 4) is 0 Å². The third kappa shape index (κ3) is 1.62. The Labute approximate surface area is 82.7 Å². The van der Waals surface area contributed by atoms with E-state index >= 15 is 0 Å². The van der Waals surface area contributed by atoms with E-state index in [2.05, 4.69) is 10.2 Å². The lowest BCUT2D eigenvalue weighted by Gasteiger charge is -2.26. The van der Waals surface area contributed by atoms with Gasteiger partial charge in [-0.15, -0.1) is 10.2 Å². The zero-order chi connectivity index (χ0) is 9.97. The monoisotopic (exact) mass is 194 g/mol. The normalized spacial score (nSPS) is 15.4. The molecule has 0 saturated heterocycles. The van der Waals surface area contributed by atoms with Gasteiger partial charge >= 0.3 is 0 Å². The Bertz CT molecular complexity index is 333. The molecule has 1 aromatic rings. The van der Waals surface area contributed by atoms with Gasteiger partial charge in [-0.25, -0.2) is 0 Å². The van der Waals surface area contributed by atoms with E-state index in [0.717, 1.165) is 25.3 Å². The number of carbonyl (C=O) groups excluding carboxylic acids is 1. The van der Waals surface area contributed by atoms with Crippen molar-refractivity contribution >= 4 is 5.91 Å². The van der Waals surface area contributed by atoms with Crippen molar-refractivity contribution in [1.82, 2.24) is 19.7 Å². The SMILES string of the molecule is CCCC(=O)N1CCn2cnnc2C1. The van der Waals surface area contributed by atoms with Crippen LogP contribution in [0.25, 0.3) is 0 Å². The number of amides is 1. The predicted molar refractivity (Wildman–Crippen MR) is 50.3 cm³/mol. The lowest BCUT2D eigenvalue weighted by molar-refractivity contribution is -0.132. The van der Waals surface area contributed by atoms with Crippen LogP contribution >= 0.6 is 0 Å². The molecule has 0 radical (unpaired) electrons. The molecule has 0 atom stereocenters. The number of fused-ring (bicyclic) bond motifs is 1. The molecule has 1 aliphatic rings. The van der Waals surface area contributed by atoms with E-state index in [1.165, 1.54) is 0 Å². The first kappa shape index (κ1) is 9.18. The summed E-state index contributed by atoms with van der Waals surface area (Å²) in [4.78, 5) is 13.5. The Morgan fingerprint density at radius 1 is 1.57 bits per heavy atom. The van der Waals surface area contributed by atoms with E-state index in [9.17, 15) is 4.79 Å². The van der Waals surface area contributed by atoms with Gasteiger partial charge in [-0.3, -0.25) is 4.79 Å². The summed E-state index contributed by atoms with van der Waals surface area (Å²) in [5.41, 5.74) is 0. The van der Waals surface area contributed by atoms with Gasteiger partial charge in [0.05, 0.1) is 6.54 Å². The van der Waals surface area contributed by atoms with E-state index in [0.29, 0.717) is 13.0 Å². The summed E-state index contributed by atoms with van der Waals surface area (Å²) in [7, 11) is 0. The molecular formula is C9H14N4O. The van der Waals surface area contributed by atoms with Gasteiger partial charge in [0.15, 0.2) is 5.82 Å². The highest BCUT2D eigenvalue weighted by Crippen LogP contribution is 2.10. The first-order valence-electron chi connectivity index (χ1n) is 4.95. The van der Waals surface area contributed by atoms with E-state index in [1.807, 2.05) is 16.4 Å². The maximum Gasteiger partial charge on any atom is 0.223 e. The number of aromatic nitrogens is 3. The van der Waals surface area contributed by atoms with Gasteiger partial charge in [0.1, 0.15) is 6.33 Å². The number of hydrogen-bond donors (Lipinski definition) is 0. The number of carbonyl (C=O) groups is 1. The molecule has 0 N–H and O–H groups in total. The lowest BCUT2D eigenvalue weighted by atomic mass is 10.2. The molecular weight excluding hydrogens is 180 g/mol. The highest BCUT2D eigenvalue weighted by Gasteiger charge is 2.20. The Balaban J connectivity index is 2.04. The third-order valence-corrected chi connectivity index (χ3v) is 2.46. The molecule has 76 valence electrons. The van der Waals surface area contributed by atoms with Crippen molar-refractivity contribution in [2.45, 2.75) is 32.9 Å². The third-order valence-electron chi connectivity index (χ3n) is 2.46. The minimum absolute atomic E-state index is 0.224. The summed E-state index contributed by atoms with van der Waals surface area (Å²) in [6, 6.07) is 0. The molecule has 14 heavy (non-hydrogen) atoms. The van der Waals surface area contributed by atoms with Gasteiger partial charge < -0.3 is 9.47 Å². The van der Waals surface area contributed by atoms with E-state index in [1.54, 1.807) is 6.33 Å². The maximum absolute atomic E-state index is 11.6. The van der Waals surface area contributed by atoms with Crippen LogP contribution in [0.15, 0.2) is 6.33 Å². The zero-order valence-corrected chi connectivity index (χ0v) is 8.31. The fourth-order valence-corrected chi connectivity index (χ4v) is 1.65. The van der Waals surface area contributed by atoms with Crippen molar-refractivity contribution in [2.75, 3.05) is 6.54 Å². The quantitative estimate of drug-likeness (QED) is 0.685. The summed E-state index contributed by atoms with van der Waals surface area (Å²) in [6.45, 7) is 4.23. The van der Waals surface area contributed by atoms with E-state index in [-0.39, 0.29) is 5.91 Å². The second kappa shape index (κ2) is 3.77. The van der Waals surface area contributed by atoms with Crippen LogP contribution in [0.1, 0.15) is 25.6 Å². The van der Waals surface area contributed by atoms with Gasteiger partial charge in [-0.05, 0) is 6.42 Å². The van der Waals surface area contributed by atoms with E-state index < -0.39 is 0 Å². The van der Waals surface area contributed by atoms with Crippen LogP contribution in [0.5, 0.6) is 0 Å². The van der Waals surface area contributed by atoms with Crippen LogP contribution in [0.3, 0.4) is 0 Å². The minimum Gasteiger partial charge on any atom is -0.333 e. The van der Waals surface area contributed by atoms with Crippen LogP contribution in [-0.2, 0) is 17.9 Å². The molecule has 0 aliphatic carbocycles. The fourth-order valence-electron chi connectivity index (χ4n) is 1.65. The van der Waals surface area contributed by atoms with Gasteiger partial charge in [-0.2, -0.15) is 0 Å². The number of nitrogens with zero attached hydrogens (tertiary/aromatic N) is 4. The molecule has 0 aromatic carbocycles. The Hall–Kier alpha value is -1.39. The Kier molecular flexibility index (Phi) is 2.47. The average molecular weight is 194 g/mol. The van der Waals surface area contributed by atoms with E-state index in [4.69, 9.17) is 0 Å². The van der Waals surface area contributed by atoms with Gasteiger partial charge in [-0.1, -0.05) is 6.92 Å². The van der Waals surface area contributed by atoms with Gasteiger partial charge in [0.2, 0.25) is 5.91 Å². The molecule has 0 unspecified atom stereocenters. The van der Waals surface area contributed by atoms with Crippen LogP contribution in [0, 0.1) is 0 Å². The molecule has 0 bridgehead atoms. The molecule has 2 heterocycles. The van der Waals surface area contributed by atoms with Crippen LogP contribution in [-0.4, -0.2) is 32.1 Å². The van der Waals surface area contributed by atoms with Crippen molar-refractivity contribution in [2.24, 2.45) is 0 Å². The van der Waals surface area contributed by atoms with Crippen molar-refractivity contribution < 1.29 is 4.79 Å². The second-order valence-corrected chi connectivity index (χ2v) is 3.51. The first-order chi connectivity index (χ1) is 6.81. The maximum atomic E-state index is 11.6. The predicted octanol–water partition coefficient (Wildman–Crippen LogP) is 0.420. The zero-order valence-electron chi connectivity index (χ0n) is 8.31. The molecule has 0 spiro atoms. The fraction of sp³-hybridized carbons (Fsp3) is 0.667. The summed E-state index contributed by atoms with van der Waals surface area (Å²) < 4.78 is 2.00. The topological polar surface area (TPSA) is 51.0 Å². The second-order valence-electron chi connectivity index (χ2n) is 3.51. The van der Waals surface area contributed by atoms with Crippen LogP contribution in [0.2, 0.25) is 0 Å². The number of hydrogen-bond acceptors (Lipinski definition) is 3. The van der Waals surface area contributed by atoms with Crippen molar-refractivity contribution in [1.29, 1.82) is 0 Å². The Morgan fingerprint density at radius 2 is 2.43 bits per heavy atom. The molecule has 1 aliphatic heterocycles. The minimum atomic E-state index is 0.224.